The Balaban J connectivity index is 1.94. The quantitative estimate of drug-likeness (QED) is 0.488. The van der Waals surface area contributed by atoms with Gasteiger partial charge in [-0.1, -0.05) is 60.2 Å². The molecule has 148 valence electrons. The van der Waals surface area contributed by atoms with Crippen LogP contribution in [0.25, 0.3) is 0 Å². The molecule has 3 nitrogen and oxygen atoms in total. The number of nitrogens with zero attached hydrogens (tertiary/aromatic N) is 1. The van der Waals surface area contributed by atoms with Crippen LogP contribution >= 0.6 is 11.8 Å². The van der Waals surface area contributed by atoms with Crippen LogP contribution in [0.5, 0.6) is 0 Å². The van der Waals surface area contributed by atoms with Gasteiger partial charge in [0, 0.05) is 16.6 Å². The Labute approximate surface area is 180 Å². The third kappa shape index (κ3) is 5.04. The first-order valence-corrected chi connectivity index (χ1v) is 11.6. The van der Waals surface area contributed by atoms with Gasteiger partial charge in [-0.15, -0.1) is 16.5 Å². The van der Waals surface area contributed by atoms with Gasteiger partial charge in [0.05, 0.1) is 17.4 Å². The largest absolute Gasteiger partial charge is 0.593 e. The second-order valence-corrected chi connectivity index (χ2v) is 9.14. The summed E-state index contributed by atoms with van der Waals surface area (Å²) < 4.78 is 15.9. The highest BCUT2D eigenvalue weighted by atomic mass is 32.2. The van der Waals surface area contributed by atoms with Crippen molar-refractivity contribution in [2.45, 2.75) is 36.5 Å². The molecule has 0 saturated heterocycles. The van der Waals surface area contributed by atoms with E-state index >= 15 is 0 Å². The van der Waals surface area contributed by atoms with Gasteiger partial charge in [-0.2, -0.15) is 5.26 Å². The van der Waals surface area contributed by atoms with E-state index in [2.05, 4.69) is 41.6 Å². The molecule has 1 aliphatic rings. The summed E-state index contributed by atoms with van der Waals surface area (Å²) in [5.74, 6) is 0.642. The molecule has 1 N–H and O–H groups in total. The highest BCUT2D eigenvalue weighted by Crippen LogP contribution is 2.42. The second-order valence-electron chi connectivity index (χ2n) is 6.83. The summed E-state index contributed by atoms with van der Waals surface area (Å²) in [6.45, 7) is 7.82. The van der Waals surface area contributed by atoms with Crippen molar-refractivity contribution in [3.63, 3.8) is 0 Å². The highest BCUT2D eigenvalue weighted by Gasteiger charge is 2.33. The molecule has 0 aliphatic carbocycles. The molecule has 2 aromatic carbocycles. The molecule has 0 radical (unpaired) electrons. The van der Waals surface area contributed by atoms with E-state index in [-0.39, 0.29) is 5.92 Å². The predicted octanol–water partition coefficient (Wildman–Crippen LogP) is 5.61. The molecule has 0 saturated carbocycles. The fraction of sp³-hybridized carbons (Fsp3) is 0.208. The fourth-order valence-corrected chi connectivity index (χ4v) is 5.14. The van der Waals surface area contributed by atoms with Crippen molar-refractivity contribution in [1.82, 2.24) is 4.72 Å². The van der Waals surface area contributed by atoms with Crippen molar-refractivity contribution in [3.8, 4) is 6.07 Å². The van der Waals surface area contributed by atoms with Crippen molar-refractivity contribution >= 4 is 23.1 Å². The van der Waals surface area contributed by atoms with Crippen LogP contribution in [-0.4, -0.2) is 10.6 Å². The van der Waals surface area contributed by atoms with Crippen LogP contribution in [0.2, 0.25) is 0 Å². The maximum Gasteiger partial charge on any atom is 0.166 e. The van der Waals surface area contributed by atoms with Crippen molar-refractivity contribution in [3.05, 3.63) is 101 Å². The number of allylic oxidation sites excluding steroid dienone is 4. The second kappa shape index (κ2) is 10.00. The minimum atomic E-state index is -1.56. The lowest BCUT2D eigenvalue weighted by Gasteiger charge is -2.25. The van der Waals surface area contributed by atoms with E-state index < -0.39 is 17.4 Å². The molecule has 3 atom stereocenters. The molecule has 0 bridgehead atoms. The molecule has 2 unspecified atom stereocenters. The Bertz CT molecular complexity index is 943. The summed E-state index contributed by atoms with van der Waals surface area (Å²) >= 11 is 0.213. The summed E-state index contributed by atoms with van der Waals surface area (Å²) in [5, 5.41) is 10.00. The maximum atomic E-state index is 12.8. The minimum Gasteiger partial charge on any atom is -0.593 e. The smallest absolute Gasteiger partial charge is 0.166 e. The average molecular weight is 421 g/mol. The van der Waals surface area contributed by atoms with Gasteiger partial charge in [-0.3, -0.25) is 0 Å². The van der Waals surface area contributed by atoms with Crippen LogP contribution in [0.15, 0.2) is 88.7 Å². The monoisotopic (exact) mass is 420 g/mol. The highest BCUT2D eigenvalue weighted by molar-refractivity contribution is 7.98. The molecule has 3 rings (SSSR count). The van der Waals surface area contributed by atoms with Gasteiger partial charge in [0.15, 0.2) is 10.9 Å². The van der Waals surface area contributed by atoms with E-state index in [1.807, 2.05) is 50.3 Å². The zero-order valence-electron chi connectivity index (χ0n) is 16.6. The van der Waals surface area contributed by atoms with Gasteiger partial charge in [0.1, 0.15) is 0 Å². The number of fused-ring (bicyclic) bond motifs is 2. The van der Waals surface area contributed by atoms with Crippen LogP contribution in [0, 0.1) is 11.3 Å². The molecule has 0 spiro atoms. The molecular weight excluding hydrogens is 396 g/mol. The Morgan fingerprint density at radius 1 is 1.24 bits per heavy atom. The topological polar surface area (TPSA) is 58.9 Å². The number of nitriles is 1. The van der Waals surface area contributed by atoms with E-state index in [0.717, 1.165) is 27.3 Å². The Morgan fingerprint density at radius 3 is 2.66 bits per heavy atom. The van der Waals surface area contributed by atoms with Gasteiger partial charge in [-0.05, 0) is 49.3 Å². The van der Waals surface area contributed by atoms with Crippen molar-refractivity contribution < 1.29 is 4.55 Å². The van der Waals surface area contributed by atoms with E-state index in [0.29, 0.717) is 4.91 Å². The molecule has 0 amide bonds. The van der Waals surface area contributed by atoms with E-state index in [1.165, 1.54) is 5.56 Å². The fourth-order valence-electron chi connectivity index (χ4n) is 3.26. The number of benzene rings is 2. The number of hydrogen-bond donors (Lipinski definition) is 1. The number of nitrogens with one attached hydrogen (secondary N) is 1. The number of thioether (sulfide) groups is 1. The number of hydrogen-bond acceptors (Lipinski definition) is 4. The third-order valence-electron chi connectivity index (χ3n) is 4.96. The van der Waals surface area contributed by atoms with Crippen LogP contribution in [0.4, 0.5) is 0 Å². The van der Waals surface area contributed by atoms with Crippen molar-refractivity contribution in [2.75, 3.05) is 0 Å². The zero-order valence-corrected chi connectivity index (χ0v) is 18.2. The molecular formula is C24H24N2OS2. The Kier molecular flexibility index (Phi) is 7.40. The molecule has 29 heavy (non-hydrogen) atoms. The van der Waals surface area contributed by atoms with Crippen LogP contribution in [0.1, 0.15) is 36.5 Å². The first-order valence-electron chi connectivity index (χ1n) is 9.42. The lowest BCUT2D eigenvalue weighted by molar-refractivity contribution is 0.564. The van der Waals surface area contributed by atoms with Gasteiger partial charge >= 0.3 is 0 Å². The van der Waals surface area contributed by atoms with Gasteiger partial charge in [0.2, 0.25) is 0 Å². The van der Waals surface area contributed by atoms with Crippen LogP contribution in [0.3, 0.4) is 0 Å². The molecule has 1 aliphatic heterocycles. The maximum absolute atomic E-state index is 12.8. The van der Waals surface area contributed by atoms with Crippen molar-refractivity contribution in [1.29, 1.82) is 5.26 Å². The number of rotatable bonds is 6. The van der Waals surface area contributed by atoms with Gasteiger partial charge in [0.25, 0.3) is 0 Å². The van der Waals surface area contributed by atoms with E-state index in [9.17, 15) is 9.81 Å². The first-order chi connectivity index (χ1) is 14.0. The van der Waals surface area contributed by atoms with Crippen molar-refractivity contribution in [2.24, 2.45) is 0 Å². The SMILES string of the molecule is C=C(/C=C\C(C)=C/C)[S+]([O-])N[C@H](C#N)C1c2ccccc2CSc2ccccc21. The zero-order chi connectivity index (χ0) is 20.8. The summed E-state index contributed by atoms with van der Waals surface area (Å²) in [7, 11) is 0. The van der Waals surface area contributed by atoms with E-state index in [4.69, 9.17) is 0 Å². The van der Waals surface area contributed by atoms with E-state index in [1.54, 1.807) is 17.8 Å². The third-order valence-corrected chi connectivity index (χ3v) is 7.18. The summed E-state index contributed by atoms with van der Waals surface area (Å²) in [5.41, 5.74) is 4.45. The standard InChI is InChI=1S/C24H24N2OS2/c1-4-17(2)13-14-18(3)29(27)26-22(15-25)24-20-10-6-5-9-19(20)16-28-23-12-8-7-11-21(23)24/h4-14,22,24,26H,3,16H2,1-2H3/b14-13-,17-4-/t22-,24?,29?/m1/s1. The molecule has 1 heterocycles. The molecule has 5 heteroatoms. The Morgan fingerprint density at radius 2 is 1.93 bits per heavy atom. The molecule has 2 aromatic rings. The lowest BCUT2D eigenvalue weighted by atomic mass is 9.84. The molecule has 0 aromatic heterocycles. The molecule has 0 fully saturated rings. The van der Waals surface area contributed by atoms with Gasteiger partial charge < -0.3 is 4.55 Å². The van der Waals surface area contributed by atoms with Crippen LogP contribution in [-0.2, 0) is 17.1 Å². The van der Waals surface area contributed by atoms with Crippen LogP contribution < -0.4 is 4.72 Å². The summed E-state index contributed by atoms with van der Waals surface area (Å²) in [6, 6.07) is 18.1. The summed E-state index contributed by atoms with van der Waals surface area (Å²) in [4.78, 5) is 1.60. The average Bonchev–Trinajstić information content (AvgIpc) is 2.92. The predicted molar refractivity (Wildman–Crippen MR) is 123 cm³/mol. The minimum absolute atomic E-state index is 0.208. The Hall–Kier alpha value is -2.23. The van der Waals surface area contributed by atoms with Gasteiger partial charge in [-0.25, -0.2) is 0 Å². The normalized spacial score (nSPS) is 18.3. The summed E-state index contributed by atoms with van der Waals surface area (Å²) in [6.07, 6.45) is 5.57. The first kappa shape index (κ1) is 21.5. The lowest BCUT2D eigenvalue weighted by Crippen LogP contribution is -2.39.